The number of hydrogen-bond donors (Lipinski definition) is 2. The van der Waals surface area contributed by atoms with Crippen LogP contribution in [0, 0.1) is 0 Å². The Morgan fingerprint density at radius 3 is 2.26 bits per heavy atom. The topological polar surface area (TPSA) is 70.7 Å². The molecule has 0 aliphatic carbocycles. The number of carbonyl (C=O) groups excluding carboxylic acids is 2. The molecule has 1 aromatic carbocycles. The van der Waals surface area contributed by atoms with E-state index < -0.39 is 5.91 Å². The van der Waals surface area contributed by atoms with Crippen LogP contribution in [0.2, 0.25) is 0 Å². The number of nitrogens with zero attached hydrogens (tertiary/aromatic N) is 1. The van der Waals surface area contributed by atoms with E-state index in [1.165, 1.54) is 12.8 Å². The molecule has 2 N–H and O–H groups in total. The van der Waals surface area contributed by atoms with Crippen LogP contribution in [0.4, 0.5) is 0 Å². The zero-order valence-corrected chi connectivity index (χ0v) is 14.6. The predicted molar refractivity (Wildman–Crippen MR) is 90.8 cm³/mol. The van der Waals surface area contributed by atoms with Crippen LogP contribution in [0.1, 0.15) is 25.7 Å². The zero-order valence-electron chi connectivity index (χ0n) is 13.0. The highest BCUT2D eigenvalue weighted by Crippen LogP contribution is 2.15. The Bertz CT molecular complexity index is 514. The van der Waals surface area contributed by atoms with E-state index in [1.807, 2.05) is 12.1 Å². The van der Waals surface area contributed by atoms with Gasteiger partial charge in [0.05, 0.1) is 6.54 Å². The van der Waals surface area contributed by atoms with Gasteiger partial charge in [-0.25, -0.2) is 0 Å². The number of ether oxygens (including phenoxy) is 1. The number of benzene rings is 1. The molecule has 126 valence electrons. The number of amides is 2. The van der Waals surface area contributed by atoms with Crippen LogP contribution in [0.15, 0.2) is 28.7 Å². The van der Waals surface area contributed by atoms with E-state index in [0.717, 1.165) is 30.4 Å². The Labute approximate surface area is 144 Å². The third-order valence-corrected chi connectivity index (χ3v) is 4.12. The van der Waals surface area contributed by atoms with Gasteiger partial charge in [0.25, 0.3) is 11.8 Å². The highest BCUT2D eigenvalue weighted by molar-refractivity contribution is 9.10. The molecule has 0 atom stereocenters. The lowest BCUT2D eigenvalue weighted by Gasteiger charge is -2.19. The molecule has 1 saturated heterocycles. The van der Waals surface area contributed by atoms with E-state index in [-0.39, 0.29) is 12.5 Å². The maximum atomic E-state index is 11.8. The number of rotatable bonds is 5. The fourth-order valence-electron chi connectivity index (χ4n) is 2.39. The number of carbonyl (C=O) groups is 2. The van der Waals surface area contributed by atoms with Crippen molar-refractivity contribution in [3.8, 4) is 5.75 Å². The molecule has 0 radical (unpaired) electrons. The Kier molecular flexibility index (Phi) is 7.35. The molecule has 0 saturated carbocycles. The molecule has 0 bridgehead atoms. The van der Waals surface area contributed by atoms with Gasteiger partial charge in [0.15, 0.2) is 6.61 Å². The van der Waals surface area contributed by atoms with Crippen molar-refractivity contribution in [3.05, 3.63) is 28.7 Å². The molecule has 2 amide bonds. The van der Waals surface area contributed by atoms with E-state index in [0.29, 0.717) is 12.3 Å². The van der Waals surface area contributed by atoms with Crippen LogP contribution in [0.5, 0.6) is 5.75 Å². The van der Waals surface area contributed by atoms with Gasteiger partial charge in [-0.15, -0.1) is 0 Å². The van der Waals surface area contributed by atoms with Gasteiger partial charge < -0.3 is 4.74 Å². The van der Waals surface area contributed by atoms with Crippen LogP contribution < -0.4 is 15.6 Å². The van der Waals surface area contributed by atoms with E-state index in [2.05, 4.69) is 31.7 Å². The van der Waals surface area contributed by atoms with Crippen molar-refractivity contribution in [2.75, 3.05) is 26.2 Å². The summed E-state index contributed by atoms with van der Waals surface area (Å²) in [7, 11) is 0. The Hall–Kier alpha value is -1.60. The van der Waals surface area contributed by atoms with Crippen molar-refractivity contribution in [2.45, 2.75) is 25.7 Å². The van der Waals surface area contributed by atoms with Crippen molar-refractivity contribution in [3.63, 3.8) is 0 Å². The minimum atomic E-state index is -0.392. The molecule has 7 heteroatoms. The number of likely N-dealkylation sites (tertiary alicyclic amines) is 1. The molecule has 23 heavy (non-hydrogen) atoms. The lowest BCUT2D eigenvalue weighted by atomic mass is 10.2. The van der Waals surface area contributed by atoms with Crippen molar-refractivity contribution < 1.29 is 14.3 Å². The molecular weight excluding hydrogens is 362 g/mol. The molecular formula is C16H22BrN3O3. The molecule has 0 spiro atoms. The lowest BCUT2D eigenvalue weighted by molar-refractivity contribution is -0.130. The maximum Gasteiger partial charge on any atom is 0.276 e. The maximum absolute atomic E-state index is 11.8. The van der Waals surface area contributed by atoms with Crippen molar-refractivity contribution in [1.29, 1.82) is 0 Å². The first kappa shape index (κ1) is 17.7. The summed E-state index contributed by atoms with van der Waals surface area (Å²) >= 11 is 3.33. The molecule has 2 rings (SSSR count). The number of hydrogen-bond acceptors (Lipinski definition) is 4. The average molecular weight is 384 g/mol. The fraction of sp³-hybridized carbons (Fsp3) is 0.500. The standard InChI is InChI=1S/C16H22BrN3O3/c17-13-5-7-14(8-6-13)23-12-16(22)19-18-15(21)11-20-9-3-1-2-4-10-20/h5-8H,1-4,9-12H2,(H,18,21)(H,19,22). The van der Waals surface area contributed by atoms with Gasteiger partial charge in [-0.2, -0.15) is 0 Å². The van der Waals surface area contributed by atoms with Crippen LogP contribution in [0.25, 0.3) is 0 Å². The molecule has 1 heterocycles. The summed E-state index contributed by atoms with van der Waals surface area (Å²) in [5.41, 5.74) is 4.80. The van der Waals surface area contributed by atoms with Gasteiger partial charge in [-0.1, -0.05) is 28.8 Å². The van der Waals surface area contributed by atoms with Gasteiger partial charge in [0, 0.05) is 4.47 Å². The van der Waals surface area contributed by atoms with Crippen LogP contribution in [0.3, 0.4) is 0 Å². The van der Waals surface area contributed by atoms with Crippen molar-refractivity contribution >= 4 is 27.7 Å². The monoisotopic (exact) mass is 383 g/mol. The van der Waals surface area contributed by atoms with E-state index in [4.69, 9.17) is 4.74 Å². The summed E-state index contributed by atoms with van der Waals surface area (Å²) < 4.78 is 6.27. The van der Waals surface area contributed by atoms with Gasteiger partial charge >= 0.3 is 0 Å². The second kappa shape index (κ2) is 9.52. The van der Waals surface area contributed by atoms with Crippen molar-refractivity contribution in [2.24, 2.45) is 0 Å². The fourth-order valence-corrected chi connectivity index (χ4v) is 2.66. The number of halogens is 1. The lowest BCUT2D eigenvalue weighted by Crippen LogP contribution is -2.48. The summed E-state index contributed by atoms with van der Waals surface area (Å²) in [4.78, 5) is 25.6. The number of nitrogens with one attached hydrogen (secondary N) is 2. The zero-order chi connectivity index (χ0) is 16.5. The quantitative estimate of drug-likeness (QED) is 0.761. The van der Waals surface area contributed by atoms with Crippen LogP contribution in [-0.4, -0.2) is 43.0 Å². The van der Waals surface area contributed by atoms with Crippen molar-refractivity contribution in [1.82, 2.24) is 15.8 Å². The Morgan fingerprint density at radius 1 is 1.00 bits per heavy atom. The molecule has 1 aliphatic heterocycles. The Morgan fingerprint density at radius 2 is 1.61 bits per heavy atom. The summed E-state index contributed by atoms with van der Waals surface area (Å²) in [5, 5.41) is 0. The minimum Gasteiger partial charge on any atom is -0.484 e. The largest absolute Gasteiger partial charge is 0.484 e. The second-order valence-corrected chi connectivity index (χ2v) is 6.44. The van der Waals surface area contributed by atoms with E-state index in [1.54, 1.807) is 12.1 Å². The first-order valence-corrected chi connectivity index (χ1v) is 8.61. The molecule has 1 fully saturated rings. The molecule has 1 aromatic rings. The summed E-state index contributed by atoms with van der Waals surface area (Å²) in [5.74, 6) is 0.000250. The van der Waals surface area contributed by atoms with Crippen LogP contribution in [-0.2, 0) is 9.59 Å². The third-order valence-electron chi connectivity index (χ3n) is 3.59. The normalized spacial score (nSPS) is 15.5. The van der Waals surface area contributed by atoms with Gasteiger partial charge in [0.1, 0.15) is 5.75 Å². The summed E-state index contributed by atoms with van der Waals surface area (Å²) in [6, 6.07) is 7.18. The predicted octanol–water partition coefficient (Wildman–Crippen LogP) is 1.85. The molecule has 0 unspecified atom stereocenters. The van der Waals surface area contributed by atoms with Gasteiger partial charge in [-0.3, -0.25) is 25.3 Å². The average Bonchev–Trinajstić information content (AvgIpc) is 2.81. The minimum absolute atomic E-state index is 0.147. The highest BCUT2D eigenvalue weighted by atomic mass is 79.9. The molecule has 1 aliphatic rings. The number of hydrazine groups is 1. The third kappa shape index (κ3) is 7.00. The molecule has 6 nitrogen and oxygen atoms in total. The first-order valence-electron chi connectivity index (χ1n) is 7.82. The van der Waals surface area contributed by atoms with Gasteiger partial charge in [-0.05, 0) is 50.2 Å². The van der Waals surface area contributed by atoms with Crippen LogP contribution >= 0.6 is 15.9 Å². The summed E-state index contributed by atoms with van der Waals surface area (Å²) in [6.07, 6.45) is 4.70. The van der Waals surface area contributed by atoms with E-state index >= 15 is 0 Å². The Balaban J connectivity index is 1.63. The van der Waals surface area contributed by atoms with Gasteiger partial charge in [0.2, 0.25) is 0 Å². The van der Waals surface area contributed by atoms with E-state index in [9.17, 15) is 9.59 Å². The molecule has 0 aromatic heterocycles. The highest BCUT2D eigenvalue weighted by Gasteiger charge is 2.13. The first-order chi connectivity index (χ1) is 11.1. The smallest absolute Gasteiger partial charge is 0.276 e. The SMILES string of the molecule is O=C(COc1ccc(Br)cc1)NNC(=O)CN1CCCCCC1. The summed E-state index contributed by atoms with van der Waals surface area (Å²) in [6.45, 7) is 2.04. The second-order valence-electron chi connectivity index (χ2n) is 5.53.